The lowest BCUT2D eigenvalue weighted by atomic mass is 9.89. The number of amides is 2. The number of methoxy groups -OCH3 is 1. The van der Waals surface area contributed by atoms with Crippen LogP contribution in [0.15, 0.2) is 45.6 Å². The molecule has 0 spiro atoms. The molecule has 0 N–H and O–H groups in total. The number of aliphatic imine (C=N–C) groups is 1. The molecule has 186 valence electrons. The normalized spacial score (nSPS) is 19.9. The van der Waals surface area contributed by atoms with Crippen LogP contribution >= 0.6 is 11.8 Å². The molecule has 0 bridgehead atoms. The van der Waals surface area contributed by atoms with Crippen LogP contribution < -0.4 is 0 Å². The van der Waals surface area contributed by atoms with E-state index in [0.717, 1.165) is 27.6 Å². The van der Waals surface area contributed by atoms with E-state index >= 15 is 0 Å². The van der Waals surface area contributed by atoms with E-state index in [-0.39, 0.29) is 18.2 Å². The highest BCUT2D eigenvalue weighted by atomic mass is 32.2. The van der Waals surface area contributed by atoms with Crippen LogP contribution in [0.5, 0.6) is 0 Å². The number of nitrogens with zero attached hydrogens (tertiary/aromatic N) is 4. The van der Waals surface area contributed by atoms with Crippen LogP contribution in [0.1, 0.15) is 49.4 Å². The molecule has 1 fully saturated rings. The summed E-state index contributed by atoms with van der Waals surface area (Å²) in [5.74, 6) is -0.366. The van der Waals surface area contributed by atoms with Crippen molar-refractivity contribution >= 4 is 34.7 Å². The van der Waals surface area contributed by atoms with Crippen LogP contribution in [0.2, 0.25) is 0 Å². The van der Waals surface area contributed by atoms with Crippen molar-refractivity contribution in [3.63, 3.8) is 0 Å². The van der Waals surface area contributed by atoms with E-state index in [0.29, 0.717) is 43.9 Å². The van der Waals surface area contributed by atoms with E-state index < -0.39 is 12.0 Å². The average molecular weight is 497 g/mol. The molecular weight excluding hydrogens is 464 g/mol. The van der Waals surface area contributed by atoms with E-state index in [1.165, 1.54) is 18.9 Å². The molecule has 0 unspecified atom stereocenters. The number of aryl methyl sites for hydroxylation is 2. The summed E-state index contributed by atoms with van der Waals surface area (Å²) in [5.41, 5.74) is 5.24. The topological polar surface area (TPSA) is 82.5 Å². The number of hydrogen-bond acceptors (Lipinski definition) is 7. The number of esters is 1. The Kier molecular flexibility index (Phi) is 7.35. The van der Waals surface area contributed by atoms with E-state index in [9.17, 15) is 14.4 Å². The van der Waals surface area contributed by atoms with Gasteiger partial charge >= 0.3 is 5.97 Å². The second-order valence-corrected chi connectivity index (χ2v) is 9.86. The fraction of sp³-hybridized carbons (Fsp3) is 0.462. The zero-order valence-corrected chi connectivity index (χ0v) is 21.8. The van der Waals surface area contributed by atoms with Crippen molar-refractivity contribution < 1.29 is 19.1 Å². The fourth-order valence-electron chi connectivity index (χ4n) is 4.88. The number of ether oxygens (including phenoxy) is 1. The van der Waals surface area contributed by atoms with Crippen LogP contribution in [0.3, 0.4) is 0 Å². The van der Waals surface area contributed by atoms with Crippen LogP contribution in [0, 0.1) is 13.8 Å². The van der Waals surface area contributed by atoms with Crippen molar-refractivity contribution in [1.82, 2.24) is 14.7 Å². The molecule has 1 aromatic rings. The number of carbonyl (C=O) groups is 3. The number of amidine groups is 1. The van der Waals surface area contributed by atoms with Crippen LogP contribution in [-0.2, 0) is 19.1 Å². The lowest BCUT2D eigenvalue weighted by Gasteiger charge is -2.38. The number of carbonyl (C=O) groups excluding carboxylic acids is 3. The van der Waals surface area contributed by atoms with Gasteiger partial charge in [-0.3, -0.25) is 9.59 Å². The van der Waals surface area contributed by atoms with Crippen LogP contribution in [0.25, 0.3) is 0 Å². The predicted molar refractivity (Wildman–Crippen MR) is 136 cm³/mol. The van der Waals surface area contributed by atoms with E-state index in [1.54, 1.807) is 11.8 Å². The van der Waals surface area contributed by atoms with Gasteiger partial charge in [0.1, 0.15) is 0 Å². The van der Waals surface area contributed by atoms with Gasteiger partial charge in [0.25, 0.3) is 0 Å². The number of rotatable bonds is 5. The lowest BCUT2D eigenvalue weighted by Crippen LogP contribution is -2.50. The molecule has 1 atom stereocenters. The van der Waals surface area contributed by atoms with E-state index in [1.807, 2.05) is 42.0 Å². The maximum absolute atomic E-state index is 13.3. The Morgan fingerprint density at radius 3 is 2.40 bits per heavy atom. The number of hydrogen-bond donors (Lipinski definition) is 0. The highest BCUT2D eigenvalue weighted by molar-refractivity contribution is 8.16. The Labute approximate surface area is 210 Å². The summed E-state index contributed by atoms with van der Waals surface area (Å²) < 4.78 is 5.20. The van der Waals surface area contributed by atoms with E-state index in [4.69, 9.17) is 9.73 Å². The van der Waals surface area contributed by atoms with Gasteiger partial charge < -0.3 is 19.4 Å². The van der Waals surface area contributed by atoms with Gasteiger partial charge in [0.05, 0.1) is 30.8 Å². The zero-order chi connectivity index (χ0) is 25.3. The quantitative estimate of drug-likeness (QED) is 0.580. The average Bonchev–Trinajstić information content (AvgIpc) is 3.24. The fourth-order valence-corrected chi connectivity index (χ4v) is 5.81. The number of benzene rings is 1. The number of piperazine rings is 1. The van der Waals surface area contributed by atoms with Gasteiger partial charge in [-0.1, -0.05) is 42.4 Å². The molecule has 0 aliphatic carbocycles. The number of thioether (sulfide) groups is 1. The Bertz CT molecular complexity index is 1150. The van der Waals surface area contributed by atoms with Gasteiger partial charge in [0.2, 0.25) is 11.8 Å². The lowest BCUT2D eigenvalue weighted by molar-refractivity contribution is -0.138. The highest BCUT2D eigenvalue weighted by Crippen LogP contribution is 2.46. The largest absolute Gasteiger partial charge is 0.466 e. The van der Waals surface area contributed by atoms with Crippen molar-refractivity contribution in [2.24, 2.45) is 4.99 Å². The van der Waals surface area contributed by atoms with Crippen molar-refractivity contribution in [3.05, 3.63) is 57.3 Å². The molecule has 0 aromatic heterocycles. The molecule has 3 heterocycles. The third-order valence-corrected chi connectivity index (χ3v) is 7.65. The van der Waals surface area contributed by atoms with Gasteiger partial charge in [-0.2, -0.15) is 0 Å². The molecule has 9 heteroatoms. The summed E-state index contributed by atoms with van der Waals surface area (Å²) >= 11 is 1.48. The summed E-state index contributed by atoms with van der Waals surface area (Å²) in [5, 5.41) is 2.73. The molecule has 2 amide bonds. The summed E-state index contributed by atoms with van der Waals surface area (Å²) in [6.07, 6.45) is 0.793. The molecular formula is C26H32N4O4S. The molecule has 3 aliphatic rings. The molecule has 3 aliphatic heterocycles. The first-order chi connectivity index (χ1) is 16.7. The van der Waals surface area contributed by atoms with Crippen molar-refractivity contribution in [3.8, 4) is 0 Å². The minimum Gasteiger partial charge on any atom is -0.466 e. The molecule has 8 nitrogen and oxygen atoms in total. The van der Waals surface area contributed by atoms with Gasteiger partial charge in [0.15, 0.2) is 5.17 Å². The Hall–Kier alpha value is -3.07. The highest BCUT2D eigenvalue weighted by Gasteiger charge is 2.42. The van der Waals surface area contributed by atoms with Crippen LogP contribution in [-0.4, -0.2) is 70.9 Å². The smallest absolute Gasteiger partial charge is 0.338 e. The maximum atomic E-state index is 13.3. The number of fused-ring (bicyclic) bond motifs is 1. The zero-order valence-electron chi connectivity index (χ0n) is 21.0. The molecule has 0 radical (unpaired) electrons. The Morgan fingerprint density at radius 2 is 1.80 bits per heavy atom. The molecule has 35 heavy (non-hydrogen) atoms. The second kappa shape index (κ2) is 10.3. The van der Waals surface area contributed by atoms with Crippen molar-refractivity contribution in [2.45, 2.75) is 46.6 Å². The Balaban J connectivity index is 1.66. The SMILES string of the molecule is CCC1=C(C(=O)OC)[C@H](c2ccc(C)cc2C)N2C(CC(=O)N3CCN(C(C)=O)CC3)=CSC2=N1. The molecule has 4 rings (SSSR count). The first-order valence-electron chi connectivity index (χ1n) is 11.9. The Morgan fingerprint density at radius 1 is 1.11 bits per heavy atom. The second-order valence-electron chi connectivity index (χ2n) is 9.02. The van der Waals surface area contributed by atoms with Gasteiger partial charge in [0, 0.05) is 38.8 Å². The molecule has 1 aromatic carbocycles. The maximum Gasteiger partial charge on any atom is 0.338 e. The standard InChI is InChI=1S/C26H32N4O4S/c1-6-21-23(25(33)34-5)24(20-8-7-16(2)13-17(20)3)30-19(15-35-26(30)27-21)14-22(32)29-11-9-28(10-12-29)18(4)31/h7-8,13,15,24H,6,9-12,14H2,1-5H3/t24-/m0/s1. The third kappa shape index (κ3) is 4.87. The minimum absolute atomic E-state index is 0.00515. The van der Waals surface area contributed by atoms with Crippen LogP contribution in [0.4, 0.5) is 0 Å². The molecule has 1 saturated heterocycles. The van der Waals surface area contributed by atoms with Gasteiger partial charge in [-0.25, -0.2) is 9.79 Å². The summed E-state index contributed by atoms with van der Waals surface area (Å²) in [6, 6.07) is 5.78. The minimum atomic E-state index is -0.422. The third-order valence-electron chi connectivity index (χ3n) is 6.76. The first-order valence-corrected chi connectivity index (χ1v) is 12.8. The summed E-state index contributed by atoms with van der Waals surface area (Å²) in [4.78, 5) is 48.3. The number of allylic oxidation sites excluding steroid dienone is 1. The first kappa shape index (κ1) is 25.0. The van der Waals surface area contributed by atoms with Gasteiger partial charge in [-0.05, 0) is 36.8 Å². The summed E-state index contributed by atoms with van der Waals surface area (Å²) in [6.45, 7) is 9.76. The summed E-state index contributed by atoms with van der Waals surface area (Å²) in [7, 11) is 1.39. The predicted octanol–water partition coefficient (Wildman–Crippen LogP) is 3.52. The van der Waals surface area contributed by atoms with Crippen molar-refractivity contribution in [1.29, 1.82) is 0 Å². The monoisotopic (exact) mass is 496 g/mol. The molecule has 0 saturated carbocycles. The van der Waals surface area contributed by atoms with Crippen molar-refractivity contribution in [2.75, 3.05) is 33.3 Å². The van der Waals surface area contributed by atoms with E-state index in [2.05, 4.69) is 12.1 Å². The van der Waals surface area contributed by atoms with Gasteiger partial charge in [-0.15, -0.1) is 0 Å².